The van der Waals surface area contributed by atoms with Gasteiger partial charge in [0.1, 0.15) is 0 Å². The summed E-state index contributed by atoms with van der Waals surface area (Å²) in [5, 5.41) is 7.06. The van der Waals surface area contributed by atoms with Gasteiger partial charge < -0.3 is 20.1 Å². The second kappa shape index (κ2) is 11.8. The average molecular weight is 432 g/mol. The Morgan fingerprint density at radius 3 is 2.39 bits per heavy atom. The molecule has 0 bridgehead atoms. The maximum atomic E-state index is 5.60. The average Bonchev–Trinajstić information content (AvgIpc) is 2.79. The molecule has 0 aliphatic carbocycles. The Hall–Kier alpha value is -1.67. The van der Waals surface area contributed by atoms with Crippen molar-refractivity contribution in [3.63, 3.8) is 0 Å². The minimum absolute atomic E-state index is 0.00623. The van der Waals surface area contributed by atoms with E-state index in [1.54, 1.807) is 0 Å². The first-order valence-electron chi connectivity index (χ1n) is 11.7. The fourth-order valence-corrected chi connectivity index (χ4v) is 4.30. The molecule has 1 aromatic rings. The number of hydrogen-bond donors (Lipinski definition) is 2. The normalized spacial score (nSPS) is 20.5. The van der Waals surface area contributed by atoms with E-state index in [0.29, 0.717) is 6.04 Å². The lowest BCUT2D eigenvalue weighted by atomic mass is 10.0. The van der Waals surface area contributed by atoms with Gasteiger partial charge in [-0.1, -0.05) is 29.8 Å². The third kappa shape index (κ3) is 7.17. The quantitative estimate of drug-likeness (QED) is 0.485. The van der Waals surface area contributed by atoms with Gasteiger partial charge in [0, 0.05) is 44.8 Å². The van der Waals surface area contributed by atoms with Gasteiger partial charge in [-0.05, 0) is 33.3 Å². The van der Waals surface area contributed by atoms with Crippen LogP contribution in [-0.4, -0.2) is 93.5 Å². The molecular formula is C24H41N5O2. The van der Waals surface area contributed by atoms with Crippen molar-refractivity contribution in [1.82, 2.24) is 20.4 Å². The van der Waals surface area contributed by atoms with Crippen molar-refractivity contribution < 1.29 is 9.47 Å². The Kier molecular flexibility index (Phi) is 9.14. The van der Waals surface area contributed by atoms with Crippen LogP contribution in [0.5, 0.6) is 0 Å². The fourth-order valence-electron chi connectivity index (χ4n) is 4.30. The van der Waals surface area contributed by atoms with Crippen LogP contribution in [0.25, 0.3) is 0 Å². The van der Waals surface area contributed by atoms with Crippen LogP contribution in [-0.2, 0) is 9.47 Å². The summed E-state index contributed by atoms with van der Waals surface area (Å²) in [5.74, 6) is 0.884. The molecule has 0 amide bonds. The highest BCUT2D eigenvalue weighted by Gasteiger charge is 2.28. The second-order valence-corrected chi connectivity index (χ2v) is 9.07. The van der Waals surface area contributed by atoms with Crippen molar-refractivity contribution in [2.75, 3.05) is 72.2 Å². The zero-order chi connectivity index (χ0) is 22.1. The third-order valence-electron chi connectivity index (χ3n) is 6.21. The van der Waals surface area contributed by atoms with Gasteiger partial charge in [0.15, 0.2) is 5.96 Å². The van der Waals surface area contributed by atoms with Gasteiger partial charge in [-0.2, -0.15) is 0 Å². The van der Waals surface area contributed by atoms with Crippen molar-refractivity contribution in [2.45, 2.75) is 39.3 Å². The molecular weight excluding hydrogens is 390 g/mol. The van der Waals surface area contributed by atoms with E-state index in [-0.39, 0.29) is 5.54 Å². The molecule has 2 N–H and O–H groups in total. The Bertz CT molecular complexity index is 697. The molecule has 2 aliphatic heterocycles. The van der Waals surface area contributed by atoms with Gasteiger partial charge in [0.2, 0.25) is 0 Å². The Morgan fingerprint density at radius 1 is 1.06 bits per heavy atom. The van der Waals surface area contributed by atoms with Crippen LogP contribution in [0, 0.1) is 6.92 Å². The van der Waals surface area contributed by atoms with E-state index in [1.165, 1.54) is 11.1 Å². The van der Waals surface area contributed by atoms with E-state index in [2.05, 4.69) is 72.4 Å². The molecule has 0 spiro atoms. The van der Waals surface area contributed by atoms with Crippen LogP contribution >= 0.6 is 0 Å². The molecule has 7 heteroatoms. The predicted molar refractivity (Wildman–Crippen MR) is 127 cm³/mol. The van der Waals surface area contributed by atoms with Crippen LogP contribution in [0.3, 0.4) is 0 Å². The van der Waals surface area contributed by atoms with E-state index >= 15 is 0 Å². The highest BCUT2D eigenvalue weighted by atomic mass is 16.5. The molecule has 1 atom stereocenters. The number of benzene rings is 1. The van der Waals surface area contributed by atoms with Crippen LogP contribution in [0.1, 0.15) is 37.9 Å². The first-order valence-corrected chi connectivity index (χ1v) is 11.7. The van der Waals surface area contributed by atoms with Crippen LogP contribution in [0.2, 0.25) is 0 Å². The van der Waals surface area contributed by atoms with E-state index in [0.717, 1.165) is 78.2 Å². The number of morpholine rings is 2. The predicted octanol–water partition coefficient (Wildman–Crippen LogP) is 2.03. The third-order valence-corrected chi connectivity index (χ3v) is 6.21. The lowest BCUT2D eigenvalue weighted by molar-refractivity contribution is -0.00684. The summed E-state index contributed by atoms with van der Waals surface area (Å²) in [6.07, 6.45) is 0. The summed E-state index contributed by atoms with van der Waals surface area (Å²) in [6, 6.07) is 9.14. The van der Waals surface area contributed by atoms with Crippen LogP contribution in [0.15, 0.2) is 29.3 Å². The largest absolute Gasteiger partial charge is 0.379 e. The minimum Gasteiger partial charge on any atom is -0.379 e. The Morgan fingerprint density at radius 2 is 1.74 bits per heavy atom. The van der Waals surface area contributed by atoms with Gasteiger partial charge in [-0.25, -0.2) is 0 Å². The molecule has 0 saturated carbocycles. The topological polar surface area (TPSA) is 61.4 Å². The SMILES string of the molecule is CCNC(=NCC(C)(C)N1CCOCC1)NCC(c1cccc(C)c1)N1CCOCC1. The number of rotatable bonds is 8. The maximum absolute atomic E-state index is 5.60. The van der Waals surface area contributed by atoms with Crippen LogP contribution < -0.4 is 10.6 Å². The smallest absolute Gasteiger partial charge is 0.191 e. The van der Waals surface area contributed by atoms with Gasteiger partial charge >= 0.3 is 0 Å². The highest BCUT2D eigenvalue weighted by molar-refractivity contribution is 5.79. The maximum Gasteiger partial charge on any atom is 0.191 e. The van der Waals surface area contributed by atoms with E-state index in [4.69, 9.17) is 14.5 Å². The van der Waals surface area contributed by atoms with E-state index < -0.39 is 0 Å². The number of guanidine groups is 1. The lowest BCUT2D eigenvalue weighted by Gasteiger charge is -2.40. The lowest BCUT2D eigenvalue weighted by Crippen LogP contribution is -2.52. The summed E-state index contributed by atoms with van der Waals surface area (Å²) < 4.78 is 11.1. The zero-order valence-electron chi connectivity index (χ0n) is 19.8. The fraction of sp³-hybridized carbons (Fsp3) is 0.708. The van der Waals surface area contributed by atoms with Crippen molar-refractivity contribution in [1.29, 1.82) is 0 Å². The number of ether oxygens (including phenoxy) is 2. The van der Waals surface area contributed by atoms with Gasteiger partial charge in [0.05, 0.1) is 39.0 Å². The number of aryl methyl sites for hydroxylation is 1. The van der Waals surface area contributed by atoms with E-state index in [1.807, 2.05) is 0 Å². The Balaban J connectivity index is 1.68. The summed E-state index contributed by atoms with van der Waals surface area (Å²) >= 11 is 0. The van der Waals surface area contributed by atoms with Gasteiger partial charge in [-0.3, -0.25) is 14.8 Å². The molecule has 1 aromatic carbocycles. The summed E-state index contributed by atoms with van der Waals surface area (Å²) in [4.78, 5) is 9.96. The molecule has 7 nitrogen and oxygen atoms in total. The number of hydrogen-bond acceptors (Lipinski definition) is 5. The summed E-state index contributed by atoms with van der Waals surface area (Å²) in [7, 11) is 0. The standard InChI is InChI=1S/C24H41N5O2/c1-5-25-23(27-19-24(3,4)29-11-15-31-16-12-29)26-18-22(28-9-13-30-14-10-28)21-8-6-7-20(2)17-21/h6-8,17,22H,5,9-16,18-19H2,1-4H3,(H2,25,26,27). The molecule has 2 aliphatic rings. The number of nitrogens with zero attached hydrogens (tertiary/aromatic N) is 3. The molecule has 31 heavy (non-hydrogen) atoms. The molecule has 3 rings (SSSR count). The second-order valence-electron chi connectivity index (χ2n) is 9.07. The highest BCUT2D eigenvalue weighted by Crippen LogP contribution is 2.22. The number of nitrogens with one attached hydrogen (secondary N) is 2. The van der Waals surface area contributed by atoms with Crippen molar-refractivity contribution >= 4 is 5.96 Å². The molecule has 0 aromatic heterocycles. The molecule has 174 valence electrons. The van der Waals surface area contributed by atoms with Crippen molar-refractivity contribution in [3.05, 3.63) is 35.4 Å². The van der Waals surface area contributed by atoms with Gasteiger partial charge in [0.25, 0.3) is 0 Å². The molecule has 0 radical (unpaired) electrons. The van der Waals surface area contributed by atoms with Crippen molar-refractivity contribution in [3.8, 4) is 0 Å². The first-order chi connectivity index (χ1) is 15.0. The summed E-state index contributed by atoms with van der Waals surface area (Å²) in [6.45, 7) is 18.3. The van der Waals surface area contributed by atoms with Crippen LogP contribution in [0.4, 0.5) is 0 Å². The molecule has 2 saturated heterocycles. The summed E-state index contributed by atoms with van der Waals surface area (Å²) in [5.41, 5.74) is 2.65. The number of aliphatic imine (C=N–C) groups is 1. The first kappa shape index (κ1) is 24.0. The van der Waals surface area contributed by atoms with E-state index in [9.17, 15) is 0 Å². The minimum atomic E-state index is 0.00623. The molecule has 2 fully saturated rings. The zero-order valence-corrected chi connectivity index (χ0v) is 19.8. The monoisotopic (exact) mass is 431 g/mol. The molecule has 2 heterocycles. The Labute approximate surface area is 188 Å². The van der Waals surface area contributed by atoms with Crippen molar-refractivity contribution in [2.24, 2.45) is 4.99 Å². The van der Waals surface area contributed by atoms with Gasteiger partial charge in [-0.15, -0.1) is 0 Å². The molecule has 1 unspecified atom stereocenters.